The molecule has 2 aromatic carbocycles. The largest absolute Gasteiger partial charge is 0.368 e. The highest BCUT2D eigenvalue weighted by Gasteiger charge is 2.11. The Balaban J connectivity index is 2.31. The number of nitrogens with two attached hydrogens (primary N) is 2. The molecule has 0 aliphatic carbocycles. The van der Waals surface area contributed by atoms with Gasteiger partial charge in [-0.3, -0.25) is 0 Å². The zero-order valence-electron chi connectivity index (χ0n) is 13.4. The number of anilines is 1. The van der Waals surface area contributed by atoms with Crippen molar-refractivity contribution < 1.29 is 0 Å². The highest BCUT2D eigenvalue weighted by Crippen LogP contribution is 2.36. The summed E-state index contributed by atoms with van der Waals surface area (Å²) in [4.78, 5) is 4.81. The van der Waals surface area contributed by atoms with Gasteiger partial charge in [-0.15, -0.1) is 0 Å². The van der Waals surface area contributed by atoms with Gasteiger partial charge < -0.3 is 16.4 Å². The Kier molecular flexibility index (Phi) is 6.31. The highest BCUT2D eigenvalue weighted by atomic mass is 32.2. The second-order valence-electron chi connectivity index (χ2n) is 5.40. The van der Waals surface area contributed by atoms with Crippen molar-refractivity contribution in [1.29, 1.82) is 0 Å². The van der Waals surface area contributed by atoms with Crippen LogP contribution in [0.25, 0.3) is 0 Å². The van der Waals surface area contributed by atoms with E-state index in [9.17, 15) is 0 Å². The molecule has 2 aromatic rings. The Morgan fingerprint density at radius 2 is 1.59 bits per heavy atom. The van der Waals surface area contributed by atoms with Crippen molar-refractivity contribution in [3.63, 3.8) is 0 Å². The van der Waals surface area contributed by atoms with E-state index in [-0.39, 0.29) is 0 Å². The van der Waals surface area contributed by atoms with Gasteiger partial charge in [0.2, 0.25) is 0 Å². The summed E-state index contributed by atoms with van der Waals surface area (Å²) in [7, 11) is 0. The molecular formula is C18H25N3S. The normalized spacial score (nSPS) is 10.7. The van der Waals surface area contributed by atoms with Gasteiger partial charge in [-0.25, -0.2) is 0 Å². The van der Waals surface area contributed by atoms with Gasteiger partial charge in [0.05, 0.1) is 5.69 Å². The number of aryl methyl sites for hydroxylation is 2. The van der Waals surface area contributed by atoms with E-state index in [1.165, 1.54) is 26.6 Å². The Morgan fingerprint density at radius 1 is 0.909 bits per heavy atom. The van der Waals surface area contributed by atoms with Gasteiger partial charge in [0.15, 0.2) is 0 Å². The first-order chi connectivity index (χ1) is 10.7. The van der Waals surface area contributed by atoms with Gasteiger partial charge in [0.1, 0.15) is 0 Å². The topological polar surface area (TPSA) is 55.3 Å². The van der Waals surface area contributed by atoms with Gasteiger partial charge in [-0.1, -0.05) is 41.6 Å². The summed E-state index contributed by atoms with van der Waals surface area (Å²) in [6.45, 7) is 7.18. The predicted octanol–water partition coefficient (Wildman–Crippen LogP) is 3.18. The van der Waals surface area contributed by atoms with Crippen LogP contribution in [-0.2, 0) is 0 Å². The molecule has 2 rings (SSSR count). The molecule has 0 fully saturated rings. The third-order valence-electron chi connectivity index (χ3n) is 3.55. The summed E-state index contributed by atoms with van der Waals surface area (Å²) in [5.74, 6) is 0. The quantitative estimate of drug-likeness (QED) is 0.824. The maximum Gasteiger partial charge on any atom is 0.0508 e. The second-order valence-corrected chi connectivity index (χ2v) is 6.49. The Hall–Kier alpha value is -1.49. The summed E-state index contributed by atoms with van der Waals surface area (Å²) in [6, 6.07) is 15.1. The number of nitrogens with zero attached hydrogens (tertiary/aromatic N) is 1. The van der Waals surface area contributed by atoms with Crippen molar-refractivity contribution in [1.82, 2.24) is 0 Å². The fourth-order valence-corrected chi connectivity index (χ4v) is 3.54. The zero-order valence-corrected chi connectivity index (χ0v) is 14.2. The molecule has 22 heavy (non-hydrogen) atoms. The third-order valence-corrected chi connectivity index (χ3v) is 4.80. The SMILES string of the molecule is Cc1ccc(Sc2ccccc2N(CCN)CCN)c(C)c1. The summed E-state index contributed by atoms with van der Waals surface area (Å²) in [5.41, 5.74) is 15.3. The molecule has 0 saturated carbocycles. The van der Waals surface area contributed by atoms with Crippen LogP contribution in [0.3, 0.4) is 0 Å². The molecule has 3 nitrogen and oxygen atoms in total. The van der Waals surface area contributed by atoms with E-state index in [1.807, 2.05) is 0 Å². The van der Waals surface area contributed by atoms with Crippen LogP contribution in [0.1, 0.15) is 11.1 Å². The van der Waals surface area contributed by atoms with Crippen LogP contribution in [0.2, 0.25) is 0 Å². The van der Waals surface area contributed by atoms with Crippen LogP contribution >= 0.6 is 11.8 Å². The minimum Gasteiger partial charge on any atom is -0.368 e. The first-order valence-electron chi connectivity index (χ1n) is 7.65. The molecule has 0 aliphatic heterocycles. The molecule has 0 radical (unpaired) electrons. The summed E-state index contributed by atoms with van der Waals surface area (Å²) in [6.07, 6.45) is 0. The van der Waals surface area contributed by atoms with Crippen molar-refractivity contribution in [2.24, 2.45) is 11.5 Å². The smallest absolute Gasteiger partial charge is 0.0508 e. The van der Waals surface area contributed by atoms with E-state index < -0.39 is 0 Å². The van der Waals surface area contributed by atoms with Gasteiger partial charge in [0.25, 0.3) is 0 Å². The molecule has 0 bridgehead atoms. The lowest BCUT2D eigenvalue weighted by Crippen LogP contribution is -2.34. The number of benzene rings is 2. The fraction of sp³-hybridized carbons (Fsp3) is 0.333. The summed E-state index contributed by atoms with van der Waals surface area (Å²) < 4.78 is 0. The second kappa shape index (κ2) is 8.22. The molecular weight excluding hydrogens is 290 g/mol. The lowest BCUT2D eigenvalue weighted by molar-refractivity contribution is 0.775. The average Bonchev–Trinajstić information content (AvgIpc) is 2.50. The van der Waals surface area contributed by atoms with Crippen LogP contribution in [0, 0.1) is 13.8 Å². The van der Waals surface area contributed by atoms with Gasteiger partial charge >= 0.3 is 0 Å². The molecule has 0 spiro atoms. The van der Waals surface area contributed by atoms with E-state index in [2.05, 4.69) is 61.2 Å². The van der Waals surface area contributed by atoms with E-state index in [0.29, 0.717) is 13.1 Å². The minimum absolute atomic E-state index is 0.628. The molecule has 4 N–H and O–H groups in total. The van der Waals surface area contributed by atoms with Crippen molar-refractivity contribution in [3.05, 3.63) is 53.6 Å². The van der Waals surface area contributed by atoms with Crippen LogP contribution in [0.15, 0.2) is 52.3 Å². The maximum absolute atomic E-state index is 5.75. The number of rotatable bonds is 7. The van der Waals surface area contributed by atoms with E-state index in [1.54, 1.807) is 11.8 Å². The zero-order chi connectivity index (χ0) is 15.9. The third kappa shape index (κ3) is 4.26. The molecule has 0 unspecified atom stereocenters. The lowest BCUT2D eigenvalue weighted by atomic mass is 10.2. The van der Waals surface area contributed by atoms with Crippen LogP contribution in [-0.4, -0.2) is 26.2 Å². The predicted molar refractivity (Wildman–Crippen MR) is 96.8 cm³/mol. The van der Waals surface area contributed by atoms with Crippen molar-refractivity contribution in [2.75, 3.05) is 31.1 Å². The maximum atomic E-state index is 5.75. The van der Waals surface area contributed by atoms with Crippen LogP contribution < -0.4 is 16.4 Å². The first-order valence-corrected chi connectivity index (χ1v) is 8.46. The van der Waals surface area contributed by atoms with Gasteiger partial charge in [-0.05, 0) is 37.6 Å². The highest BCUT2D eigenvalue weighted by molar-refractivity contribution is 7.99. The molecule has 4 heteroatoms. The molecule has 0 aromatic heterocycles. The average molecular weight is 315 g/mol. The van der Waals surface area contributed by atoms with Gasteiger partial charge in [-0.2, -0.15) is 0 Å². The van der Waals surface area contributed by atoms with Crippen LogP contribution in [0.5, 0.6) is 0 Å². The Labute approximate surface area is 137 Å². The van der Waals surface area contributed by atoms with E-state index in [4.69, 9.17) is 11.5 Å². The molecule has 0 heterocycles. The van der Waals surface area contributed by atoms with Gasteiger partial charge in [0, 0.05) is 36.0 Å². The molecule has 0 aliphatic rings. The molecule has 0 amide bonds. The van der Waals surface area contributed by atoms with Crippen LogP contribution in [0.4, 0.5) is 5.69 Å². The first kappa shape index (κ1) is 16.9. The minimum atomic E-state index is 0.628. The van der Waals surface area contributed by atoms with Crippen molar-refractivity contribution >= 4 is 17.4 Å². The fourth-order valence-electron chi connectivity index (χ4n) is 2.50. The standard InChI is InChI=1S/C18H25N3S/c1-14-7-8-17(15(2)13-14)22-18-6-4-3-5-16(18)21(11-9-19)12-10-20/h3-8,13H,9-12,19-20H2,1-2H3. The lowest BCUT2D eigenvalue weighted by Gasteiger charge is -2.26. The molecule has 0 atom stereocenters. The van der Waals surface area contributed by atoms with E-state index in [0.717, 1.165) is 13.1 Å². The molecule has 118 valence electrons. The summed E-state index contributed by atoms with van der Waals surface area (Å²) in [5, 5.41) is 0. The Morgan fingerprint density at radius 3 is 2.23 bits per heavy atom. The van der Waals surface area contributed by atoms with E-state index >= 15 is 0 Å². The number of hydrogen-bond acceptors (Lipinski definition) is 4. The van der Waals surface area contributed by atoms with Crippen molar-refractivity contribution in [3.8, 4) is 0 Å². The summed E-state index contributed by atoms with van der Waals surface area (Å²) >= 11 is 1.81. The monoisotopic (exact) mass is 315 g/mol. The van der Waals surface area contributed by atoms with Crippen molar-refractivity contribution in [2.45, 2.75) is 23.6 Å². The molecule has 0 saturated heterocycles. The number of hydrogen-bond donors (Lipinski definition) is 2. The number of para-hydroxylation sites is 1. The Bertz CT molecular complexity index is 607.